The highest BCUT2D eigenvalue weighted by molar-refractivity contribution is 8.04. The van der Waals surface area contributed by atoms with E-state index in [9.17, 15) is 9.59 Å². The van der Waals surface area contributed by atoms with Crippen molar-refractivity contribution in [3.63, 3.8) is 0 Å². The summed E-state index contributed by atoms with van der Waals surface area (Å²) in [6, 6.07) is 17.7. The molecule has 0 bridgehead atoms. The smallest absolute Gasteiger partial charge is 0.283 e. The Morgan fingerprint density at radius 1 is 0.879 bits per heavy atom. The van der Waals surface area contributed by atoms with E-state index >= 15 is 0 Å². The number of methoxy groups -OCH3 is 1. The molecule has 0 saturated heterocycles. The molecule has 2 amide bonds. The molecule has 1 heterocycles. The van der Waals surface area contributed by atoms with Crippen LogP contribution in [0.15, 0.2) is 76.2 Å². The maximum Gasteiger partial charge on any atom is 0.283 e. The van der Waals surface area contributed by atoms with E-state index in [-0.39, 0.29) is 16.3 Å². The Morgan fingerprint density at radius 3 is 2.24 bits per heavy atom. The number of aryl methyl sites for hydroxylation is 2. The van der Waals surface area contributed by atoms with Gasteiger partial charge in [0.05, 0.1) is 12.8 Å². The van der Waals surface area contributed by atoms with Crippen LogP contribution in [0.4, 0.5) is 11.4 Å². The number of anilines is 2. The molecule has 4 rings (SSSR count). The second-order valence-corrected chi connectivity index (χ2v) is 9.42. The van der Waals surface area contributed by atoms with Gasteiger partial charge in [0.15, 0.2) is 0 Å². The quantitative estimate of drug-likeness (QED) is 0.387. The van der Waals surface area contributed by atoms with E-state index < -0.39 is 11.8 Å². The summed E-state index contributed by atoms with van der Waals surface area (Å²) in [7, 11) is 1.48. The minimum atomic E-state index is -0.489. The lowest BCUT2D eigenvalue weighted by atomic mass is 10.1. The van der Waals surface area contributed by atoms with Gasteiger partial charge in [0, 0.05) is 20.6 Å². The molecule has 0 aromatic heterocycles. The van der Waals surface area contributed by atoms with Crippen molar-refractivity contribution in [3.05, 3.63) is 92.4 Å². The molecule has 5 nitrogen and oxygen atoms in total. The molecule has 3 aromatic rings. The molecule has 168 valence electrons. The van der Waals surface area contributed by atoms with Crippen LogP contribution in [0.2, 0.25) is 10.0 Å². The van der Waals surface area contributed by atoms with Gasteiger partial charge in [-0.1, -0.05) is 52.7 Å². The van der Waals surface area contributed by atoms with Gasteiger partial charge in [-0.15, -0.1) is 0 Å². The summed E-state index contributed by atoms with van der Waals surface area (Å²) >= 11 is 13.4. The van der Waals surface area contributed by atoms with Gasteiger partial charge in [0.25, 0.3) is 11.8 Å². The molecule has 0 atom stereocenters. The number of carbonyl (C=O) groups is 2. The van der Waals surface area contributed by atoms with Crippen LogP contribution in [0.5, 0.6) is 5.75 Å². The highest BCUT2D eigenvalue weighted by Crippen LogP contribution is 2.41. The van der Waals surface area contributed by atoms with Crippen molar-refractivity contribution in [2.75, 3.05) is 17.3 Å². The monoisotopic (exact) mass is 498 g/mol. The summed E-state index contributed by atoms with van der Waals surface area (Å²) in [6.45, 7) is 3.94. The Kier molecular flexibility index (Phi) is 6.70. The molecule has 0 unspecified atom stereocenters. The van der Waals surface area contributed by atoms with Crippen LogP contribution in [0.3, 0.4) is 0 Å². The number of thioether (sulfide) groups is 1. The largest absolute Gasteiger partial charge is 0.495 e. The van der Waals surface area contributed by atoms with Crippen molar-refractivity contribution in [1.29, 1.82) is 0 Å². The molecule has 0 aliphatic carbocycles. The van der Waals surface area contributed by atoms with Gasteiger partial charge >= 0.3 is 0 Å². The van der Waals surface area contributed by atoms with E-state index in [1.807, 2.05) is 32.0 Å². The number of carbonyl (C=O) groups excluding carboxylic acids is 2. The number of benzene rings is 3. The van der Waals surface area contributed by atoms with E-state index in [0.717, 1.165) is 26.6 Å². The van der Waals surface area contributed by atoms with Crippen molar-refractivity contribution >= 4 is 58.2 Å². The third-order valence-corrected chi connectivity index (χ3v) is 6.68. The van der Waals surface area contributed by atoms with E-state index in [1.165, 1.54) is 18.9 Å². The third-order valence-electron chi connectivity index (χ3n) is 5.10. The fourth-order valence-electron chi connectivity index (χ4n) is 3.48. The van der Waals surface area contributed by atoms with Crippen LogP contribution in [0, 0.1) is 13.8 Å². The van der Waals surface area contributed by atoms with Crippen LogP contribution in [0.25, 0.3) is 0 Å². The number of rotatable bonds is 6. The number of ether oxygens (including phenoxy) is 1. The predicted octanol–water partition coefficient (Wildman–Crippen LogP) is 6.61. The van der Waals surface area contributed by atoms with Gasteiger partial charge in [0.2, 0.25) is 0 Å². The summed E-state index contributed by atoms with van der Waals surface area (Å²) in [6.07, 6.45) is 0. The second kappa shape index (κ2) is 9.51. The van der Waals surface area contributed by atoms with Crippen molar-refractivity contribution in [2.24, 2.45) is 0 Å². The van der Waals surface area contributed by atoms with Gasteiger partial charge in [-0.05, 0) is 67.9 Å². The summed E-state index contributed by atoms with van der Waals surface area (Å²) < 4.78 is 5.40. The molecule has 33 heavy (non-hydrogen) atoms. The lowest BCUT2D eigenvalue weighted by molar-refractivity contribution is -0.120. The standard InChI is InChI=1S/C25H20Cl2N2O3S/c1-14-4-10-19(15(2)12-14)28-22-23(33-18-8-5-16(26)6-9-18)25(31)29(24(22)30)20-13-17(27)7-11-21(20)32-3/h4-13,28H,1-3H3. The SMILES string of the molecule is COc1ccc(Cl)cc1N1C(=O)C(Nc2ccc(C)cc2C)=C(Sc2ccc(Cl)cc2)C1=O. The first-order valence-corrected chi connectivity index (χ1v) is 11.6. The van der Waals surface area contributed by atoms with Crippen LogP contribution >= 0.6 is 35.0 Å². The summed E-state index contributed by atoms with van der Waals surface area (Å²) in [4.78, 5) is 29.3. The molecule has 0 spiro atoms. The van der Waals surface area contributed by atoms with Crippen LogP contribution < -0.4 is 15.0 Å². The van der Waals surface area contributed by atoms with Crippen molar-refractivity contribution in [1.82, 2.24) is 0 Å². The van der Waals surface area contributed by atoms with E-state index in [1.54, 1.807) is 42.5 Å². The Balaban J connectivity index is 1.80. The van der Waals surface area contributed by atoms with Crippen LogP contribution in [0.1, 0.15) is 11.1 Å². The number of nitrogens with one attached hydrogen (secondary N) is 1. The molecule has 8 heteroatoms. The molecule has 1 N–H and O–H groups in total. The Bertz CT molecular complexity index is 1290. The van der Waals surface area contributed by atoms with Crippen molar-refractivity contribution in [3.8, 4) is 5.75 Å². The average molecular weight is 499 g/mol. The minimum absolute atomic E-state index is 0.189. The topological polar surface area (TPSA) is 58.6 Å². The summed E-state index contributed by atoms with van der Waals surface area (Å²) in [5.74, 6) is -0.588. The second-order valence-electron chi connectivity index (χ2n) is 7.47. The Hall–Kier alpha value is -2.93. The lowest BCUT2D eigenvalue weighted by Crippen LogP contribution is -2.32. The zero-order valence-corrected chi connectivity index (χ0v) is 20.4. The zero-order valence-electron chi connectivity index (χ0n) is 18.1. The first-order chi connectivity index (χ1) is 15.8. The minimum Gasteiger partial charge on any atom is -0.495 e. The third kappa shape index (κ3) is 4.74. The molecule has 3 aromatic carbocycles. The number of nitrogens with zero attached hydrogens (tertiary/aromatic N) is 1. The highest BCUT2D eigenvalue weighted by atomic mass is 35.5. The highest BCUT2D eigenvalue weighted by Gasteiger charge is 2.41. The fourth-order valence-corrected chi connectivity index (χ4v) is 4.70. The van der Waals surface area contributed by atoms with Crippen LogP contribution in [-0.2, 0) is 9.59 Å². The Morgan fingerprint density at radius 2 is 1.58 bits per heavy atom. The van der Waals surface area contributed by atoms with E-state index in [2.05, 4.69) is 5.32 Å². The van der Waals surface area contributed by atoms with Gasteiger partial charge in [0.1, 0.15) is 16.4 Å². The molecular weight excluding hydrogens is 479 g/mol. The fraction of sp³-hybridized carbons (Fsp3) is 0.120. The molecule has 0 saturated carbocycles. The number of hydrogen-bond donors (Lipinski definition) is 1. The zero-order chi connectivity index (χ0) is 23.7. The number of hydrogen-bond acceptors (Lipinski definition) is 5. The number of halogens is 2. The predicted molar refractivity (Wildman–Crippen MR) is 134 cm³/mol. The van der Waals surface area contributed by atoms with Gasteiger partial charge in [-0.3, -0.25) is 9.59 Å². The normalized spacial score (nSPS) is 13.7. The summed E-state index contributed by atoms with van der Waals surface area (Å²) in [5.41, 5.74) is 3.27. The van der Waals surface area contributed by atoms with Gasteiger partial charge in [-0.25, -0.2) is 4.90 Å². The average Bonchev–Trinajstić information content (AvgIpc) is 3.00. The lowest BCUT2D eigenvalue weighted by Gasteiger charge is -2.18. The molecule has 1 aliphatic heterocycles. The van der Waals surface area contributed by atoms with Crippen LogP contribution in [-0.4, -0.2) is 18.9 Å². The van der Waals surface area contributed by atoms with Crippen molar-refractivity contribution in [2.45, 2.75) is 18.7 Å². The molecule has 0 radical (unpaired) electrons. The Labute approximate surface area is 206 Å². The maximum atomic E-state index is 13.6. The molecule has 0 fully saturated rings. The van der Waals surface area contributed by atoms with E-state index in [4.69, 9.17) is 27.9 Å². The number of amides is 2. The van der Waals surface area contributed by atoms with Gasteiger partial charge in [-0.2, -0.15) is 0 Å². The molecular formula is C25H20Cl2N2O3S. The van der Waals surface area contributed by atoms with Gasteiger partial charge < -0.3 is 10.1 Å². The summed E-state index contributed by atoms with van der Waals surface area (Å²) in [5, 5.41) is 4.16. The van der Waals surface area contributed by atoms with Crippen molar-refractivity contribution < 1.29 is 14.3 Å². The first-order valence-electron chi connectivity index (χ1n) is 10.0. The first kappa shape index (κ1) is 23.2. The number of imide groups is 1. The molecule has 1 aliphatic rings. The maximum absolute atomic E-state index is 13.6. The van der Waals surface area contributed by atoms with E-state index in [0.29, 0.717) is 15.8 Å².